The zero-order chi connectivity index (χ0) is 18.3. The molecule has 26 heavy (non-hydrogen) atoms. The number of halogens is 1. The van der Waals surface area contributed by atoms with Crippen molar-refractivity contribution >= 4 is 34.1 Å². The minimum Gasteiger partial charge on any atom is -0.481 e. The number of nitrogens with zero attached hydrogens (tertiary/aromatic N) is 1. The van der Waals surface area contributed by atoms with Crippen LogP contribution < -0.4 is 0 Å². The summed E-state index contributed by atoms with van der Waals surface area (Å²) in [6, 6.07) is 14.3. The summed E-state index contributed by atoms with van der Waals surface area (Å²) in [6.07, 6.45) is 3.66. The topological polar surface area (TPSA) is 50.2 Å². The summed E-state index contributed by atoms with van der Waals surface area (Å²) in [4.78, 5) is 15.7. The van der Waals surface area contributed by atoms with Gasteiger partial charge in [0.05, 0.1) is 11.9 Å². The van der Waals surface area contributed by atoms with Crippen molar-refractivity contribution in [3.05, 3.63) is 82.8 Å². The van der Waals surface area contributed by atoms with Gasteiger partial charge in [-0.25, -0.2) is 4.39 Å². The van der Waals surface area contributed by atoms with Crippen molar-refractivity contribution in [3.8, 4) is 0 Å². The van der Waals surface area contributed by atoms with E-state index in [0.717, 1.165) is 33.2 Å². The predicted molar refractivity (Wildman–Crippen MR) is 101 cm³/mol. The van der Waals surface area contributed by atoms with E-state index in [1.54, 1.807) is 12.3 Å². The molecule has 0 saturated carbocycles. The van der Waals surface area contributed by atoms with Crippen molar-refractivity contribution in [1.82, 2.24) is 4.98 Å². The lowest BCUT2D eigenvalue weighted by Gasteiger charge is -2.06. The molecule has 0 amide bonds. The highest BCUT2D eigenvalue weighted by Crippen LogP contribution is 2.44. The van der Waals surface area contributed by atoms with Crippen LogP contribution in [0.25, 0.3) is 28.1 Å². The third-order valence-electron chi connectivity index (χ3n) is 4.76. The number of hydrogen-bond donors (Lipinski definition) is 1. The van der Waals surface area contributed by atoms with Gasteiger partial charge >= 0.3 is 5.97 Å². The molecule has 0 spiro atoms. The van der Waals surface area contributed by atoms with Crippen molar-refractivity contribution in [2.24, 2.45) is 0 Å². The first-order chi connectivity index (χ1) is 12.5. The number of fused-ring (bicyclic) bond motifs is 2. The molecule has 3 aromatic rings. The van der Waals surface area contributed by atoms with Gasteiger partial charge in [-0.1, -0.05) is 24.3 Å². The maximum absolute atomic E-state index is 13.8. The Labute approximate surface area is 150 Å². The first-order valence-corrected chi connectivity index (χ1v) is 8.32. The van der Waals surface area contributed by atoms with Crippen LogP contribution in [0, 0.1) is 5.82 Å². The zero-order valence-electron chi connectivity index (χ0n) is 14.2. The average Bonchev–Trinajstić information content (AvgIpc) is 2.87. The molecule has 0 atom stereocenters. The number of hydrogen-bond acceptors (Lipinski definition) is 2. The summed E-state index contributed by atoms with van der Waals surface area (Å²) in [6.45, 7) is 1.89. The highest BCUT2D eigenvalue weighted by atomic mass is 19.1. The maximum atomic E-state index is 13.8. The summed E-state index contributed by atoms with van der Waals surface area (Å²) < 4.78 is 13.8. The first-order valence-electron chi connectivity index (χ1n) is 8.32. The van der Waals surface area contributed by atoms with E-state index in [4.69, 9.17) is 0 Å². The summed E-state index contributed by atoms with van der Waals surface area (Å²) in [5.74, 6) is -1.29. The second-order valence-electron chi connectivity index (χ2n) is 6.34. The van der Waals surface area contributed by atoms with Gasteiger partial charge in [-0.05, 0) is 70.7 Å². The molecule has 1 N–H and O–H groups in total. The minimum absolute atomic E-state index is 0.128. The van der Waals surface area contributed by atoms with Crippen LogP contribution in [0.5, 0.6) is 0 Å². The summed E-state index contributed by atoms with van der Waals surface area (Å²) in [7, 11) is 0. The van der Waals surface area contributed by atoms with Crippen molar-refractivity contribution < 1.29 is 14.3 Å². The smallest absolute Gasteiger partial charge is 0.307 e. The van der Waals surface area contributed by atoms with E-state index in [0.29, 0.717) is 11.1 Å². The molecule has 2 aromatic carbocycles. The fourth-order valence-corrected chi connectivity index (χ4v) is 3.53. The molecule has 0 saturated heterocycles. The molecule has 0 unspecified atom stereocenters. The van der Waals surface area contributed by atoms with E-state index < -0.39 is 5.97 Å². The lowest BCUT2D eigenvalue weighted by Crippen LogP contribution is -1.97. The Morgan fingerprint density at radius 1 is 1.15 bits per heavy atom. The third-order valence-corrected chi connectivity index (χ3v) is 4.76. The molecule has 1 aliphatic rings. The number of para-hydroxylation sites is 1. The largest absolute Gasteiger partial charge is 0.481 e. The van der Waals surface area contributed by atoms with Gasteiger partial charge in [-0.3, -0.25) is 9.78 Å². The third kappa shape index (κ3) is 2.69. The molecule has 0 aliphatic heterocycles. The standard InChI is InChI=1S/C22H16FNO2/c1-13-18(10-14-8-9-24-21-5-3-2-4-16(14)21)17-7-6-15(23)11-20(17)19(13)12-22(25)26/h2-11H,12H2,1H3,(H,25,26)/b18-10-. The number of allylic oxidation sites excluding steroid dienone is 2. The monoisotopic (exact) mass is 345 g/mol. The van der Waals surface area contributed by atoms with Crippen molar-refractivity contribution in [2.75, 3.05) is 0 Å². The van der Waals surface area contributed by atoms with Crippen LogP contribution in [0.2, 0.25) is 0 Å². The van der Waals surface area contributed by atoms with Gasteiger partial charge in [0.25, 0.3) is 0 Å². The average molecular weight is 345 g/mol. The van der Waals surface area contributed by atoms with Gasteiger partial charge in [0.15, 0.2) is 0 Å². The number of rotatable bonds is 3. The van der Waals surface area contributed by atoms with Crippen LogP contribution in [-0.4, -0.2) is 16.1 Å². The quantitative estimate of drug-likeness (QED) is 0.712. The molecule has 0 radical (unpaired) electrons. The first kappa shape index (κ1) is 16.2. The Hall–Kier alpha value is -3.27. The van der Waals surface area contributed by atoms with Crippen LogP contribution in [0.3, 0.4) is 0 Å². The van der Waals surface area contributed by atoms with E-state index >= 15 is 0 Å². The number of benzene rings is 2. The zero-order valence-corrected chi connectivity index (χ0v) is 14.2. The van der Waals surface area contributed by atoms with E-state index in [1.807, 2.05) is 43.3 Å². The fourth-order valence-electron chi connectivity index (χ4n) is 3.53. The van der Waals surface area contributed by atoms with Gasteiger partial charge in [0, 0.05) is 11.6 Å². The van der Waals surface area contributed by atoms with Crippen LogP contribution in [-0.2, 0) is 4.79 Å². The van der Waals surface area contributed by atoms with E-state index in [9.17, 15) is 14.3 Å². The normalized spacial score (nSPS) is 14.9. The second kappa shape index (κ2) is 6.23. The van der Waals surface area contributed by atoms with Crippen LogP contribution in [0.4, 0.5) is 4.39 Å². The molecule has 1 heterocycles. The molecular formula is C22H16FNO2. The summed E-state index contributed by atoms with van der Waals surface area (Å²) in [5, 5.41) is 10.3. The molecule has 1 aromatic heterocycles. The number of pyridine rings is 1. The molecule has 0 bridgehead atoms. The number of aliphatic carboxylic acids is 1. The molecule has 3 nitrogen and oxygen atoms in total. The van der Waals surface area contributed by atoms with E-state index in [1.165, 1.54) is 12.1 Å². The predicted octanol–water partition coefficient (Wildman–Crippen LogP) is 5.18. The van der Waals surface area contributed by atoms with Gasteiger partial charge in [0.2, 0.25) is 0 Å². The van der Waals surface area contributed by atoms with Crippen LogP contribution in [0.1, 0.15) is 30.0 Å². The Morgan fingerprint density at radius 2 is 1.96 bits per heavy atom. The number of carbonyl (C=O) groups is 1. The fraction of sp³-hybridized carbons (Fsp3) is 0.0909. The Morgan fingerprint density at radius 3 is 2.77 bits per heavy atom. The summed E-state index contributed by atoms with van der Waals surface area (Å²) in [5.41, 5.74) is 5.87. The molecular weight excluding hydrogens is 329 g/mol. The van der Waals surface area contributed by atoms with Crippen LogP contribution >= 0.6 is 0 Å². The minimum atomic E-state index is -0.926. The number of carboxylic acid groups (broad SMARTS) is 1. The Balaban J connectivity index is 1.94. The SMILES string of the molecule is CC1=C(CC(=O)O)c2cc(F)ccc2/C1=C\c1ccnc2ccccc12. The molecule has 4 heteroatoms. The highest BCUT2D eigenvalue weighted by Gasteiger charge is 2.25. The highest BCUT2D eigenvalue weighted by molar-refractivity contribution is 6.09. The molecule has 0 fully saturated rings. The summed E-state index contributed by atoms with van der Waals surface area (Å²) >= 11 is 0. The number of aromatic nitrogens is 1. The van der Waals surface area contributed by atoms with Crippen molar-refractivity contribution in [1.29, 1.82) is 0 Å². The van der Waals surface area contributed by atoms with Gasteiger partial charge in [-0.2, -0.15) is 0 Å². The lowest BCUT2D eigenvalue weighted by molar-refractivity contribution is -0.135. The van der Waals surface area contributed by atoms with E-state index in [2.05, 4.69) is 4.98 Å². The Kier molecular flexibility index (Phi) is 3.88. The molecule has 4 rings (SSSR count). The maximum Gasteiger partial charge on any atom is 0.307 e. The molecule has 1 aliphatic carbocycles. The van der Waals surface area contributed by atoms with Gasteiger partial charge in [-0.15, -0.1) is 0 Å². The van der Waals surface area contributed by atoms with Gasteiger partial charge < -0.3 is 5.11 Å². The Bertz CT molecular complexity index is 1110. The second-order valence-corrected chi connectivity index (χ2v) is 6.34. The van der Waals surface area contributed by atoms with E-state index in [-0.39, 0.29) is 12.2 Å². The van der Waals surface area contributed by atoms with Crippen molar-refractivity contribution in [2.45, 2.75) is 13.3 Å². The van der Waals surface area contributed by atoms with Crippen LogP contribution in [0.15, 0.2) is 60.3 Å². The van der Waals surface area contributed by atoms with Crippen molar-refractivity contribution in [3.63, 3.8) is 0 Å². The lowest BCUT2D eigenvalue weighted by atomic mass is 9.99. The molecule has 128 valence electrons. The number of carboxylic acids is 1. The van der Waals surface area contributed by atoms with Gasteiger partial charge in [0.1, 0.15) is 5.82 Å².